The molecule has 0 amide bonds. The predicted octanol–water partition coefficient (Wildman–Crippen LogP) is 1.90. The Labute approximate surface area is 76.3 Å². The average Bonchev–Trinajstić information content (AvgIpc) is 2.08. The van der Waals surface area contributed by atoms with Gasteiger partial charge in [-0.25, -0.2) is 0 Å². The molecule has 0 bridgehead atoms. The van der Waals surface area contributed by atoms with E-state index in [1.807, 2.05) is 19.1 Å². The fraction of sp³-hybridized carbons (Fsp3) is 0.250. The normalized spacial score (nSPS) is 7.83. The third-order valence-electron chi connectivity index (χ3n) is 0.945. The Kier molecular flexibility index (Phi) is 7.28. The van der Waals surface area contributed by atoms with E-state index < -0.39 is 0 Å². The number of carbonyl (C=O) groups excluding carboxylic acids is 1. The van der Waals surface area contributed by atoms with Gasteiger partial charge >= 0.3 is 0 Å². The highest BCUT2D eigenvalue weighted by Crippen LogP contribution is 2.04. The van der Waals surface area contributed by atoms with Crippen LogP contribution in [-0.4, -0.2) is 17.3 Å². The summed E-state index contributed by atoms with van der Waals surface area (Å²) in [5, 5.41) is 0. The van der Waals surface area contributed by atoms with Crippen LogP contribution in [0.15, 0.2) is 24.5 Å². The van der Waals surface area contributed by atoms with Gasteiger partial charge in [-0.1, -0.05) is 0 Å². The summed E-state index contributed by atoms with van der Waals surface area (Å²) in [6.07, 6.45) is 3.42. The van der Waals surface area contributed by atoms with Crippen LogP contribution in [0.25, 0.3) is 0 Å². The van der Waals surface area contributed by atoms with Crippen LogP contribution in [0.2, 0.25) is 0 Å². The minimum absolute atomic E-state index is 0.222. The molecule has 0 saturated carbocycles. The molecule has 0 aliphatic rings. The van der Waals surface area contributed by atoms with Crippen LogP contribution < -0.4 is 4.74 Å². The maximum absolute atomic E-state index is 8.57. The number of ether oxygens (including phenoxy) is 1. The maximum Gasteiger partial charge on any atom is 0.208 e. The first-order chi connectivity index (χ1) is 5.85. The Balaban J connectivity index is 0.000000354. The van der Waals surface area contributed by atoms with Crippen molar-refractivity contribution in [3.63, 3.8) is 0 Å². The molecule has 0 aliphatic heterocycles. The van der Waals surface area contributed by atoms with Crippen molar-refractivity contribution in [3.8, 4) is 5.75 Å². The van der Waals surface area contributed by atoms with Gasteiger partial charge in [0.05, 0.1) is 12.8 Å². The van der Waals surface area contributed by atoms with E-state index in [1.54, 1.807) is 12.4 Å². The molecule has 0 N–H and O–H groups in total. The van der Waals surface area contributed by atoms with E-state index in [1.165, 1.54) is 0 Å². The molecule has 0 aromatic carbocycles. The van der Waals surface area contributed by atoms with Crippen LogP contribution in [-0.2, 0) is 4.79 Å². The molecule has 0 unspecified atom stereocenters. The number of hydrogen-bond acceptors (Lipinski definition) is 3. The highest BCUT2D eigenvalue weighted by Gasteiger charge is 1.84. The standard InChI is InChI=1S/C7H9NO.CHClO/c1-2-9-7-4-3-5-8-6-7;2-1-3/h3-6H,2H2,1H3;1H. The number of aromatic nitrogens is 1. The molecule has 12 heavy (non-hydrogen) atoms. The summed E-state index contributed by atoms with van der Waals surface area (Å²) in [5.74, 6) is 1.06. The zero-order valence-electron chi connectivity index (χ0n) is 6.74. The molecule has 1 aromatic heterocycles. The molecule has 0 spiro atoms. The molecule has 1 aromatic rings. The lowest BCUT2D eigenvalue weighted by atomic mass is 10.5. The summed E-state index contributed by atoms with van der Waals surface area (Å²) < 4.78 is 5.14. The van der Waals surface area contributed by atoms with Gasteiger partial charge in [-0.15, -0.1) is 0 Å². The summed E-state index contributed by atoms with van der Waals surface area (Å²) in [5.41, 5.74) is 0. The molecular weight excluding hydrogens is 178 g/mol. The number of carbonyl (C=O) groups is 1. The second kappa shape index (κ2) is 8.01. The lowest BCUT2D eigenvalue weighted by molar-refractivity contribution is 0.339. The average molecular weight is 188 g/mol. The number of nitrogens with zero attached hydrogens (tertiary/aromatic N) is 1. The fourth-order valence-electron chi connectivity index (χ4n) is 0.599. The molecule has 0 fully saturated rings. The topological polar surface area (TPSA) is 39.2 Å². The van der Waals surface area contributed by atoms with Crippen molar-refractivity contribution in [2.75, 3.05) is 6.61 Å². The van der Waals surface area contributed by atoms with Crippen LogP contribution in [0.5, 0.6) is 5.75 Å². The van der Waals surface area contributed by atoms with Crippen LogP contribution in [0.1, 0.15) is 6.92 Å². The summed E-state index contributed by atoms with van der Waals surface area (Å²) in [7, 11) is 0. The third-order valence-corrected chi connectivity index (χ3v) is 0.945. The highest BCUT2D eigenvalue weighted by molar-refractivity contribution is 6.54. The van der Waals surface area contributed by atoms with Gasteiger partial charge < -0.3 is 4.74 Å². The van der Waals surface area contributed by atoms with Crippen molar-refractivity contribution in [1.82, 2.24) is 4.98 Å². The molecule has 1 rings (SSSR count). The van der Waals surface area contributed by atoms with Gasteiger partial charge in [0.15, 0.2) is 0 Å². The Bertz CT molecular complexity index is 203. The maximum atomic E-state index is 8.57. The largest absolute Gasteiger partial charge is 0.492 e. The third kappa shape index (κ3) is 5.68. The first-order valence-corrected chi connectivity index (χ1v) is 3.85. The van der Waals surface area contributed by atoms with E-state index in [-0.39, 0.29) is 5.75 Å². The van der Waals surface area contributed by atoms with Gasteiger partial charge in [-0.2, -0.15) is 0 Å². The summed E-state index contributed by atoms with van der Waals surface area (Å²) in [4.78, 5) is 12.4. The lowest BCUT2D eigenvalue weighted by Gasteiger charge is -1.98. The number of rotatable bonds is 2. The smallest absolute Gasteiger partial charge is 0.208 e. The van der Waals surface area contributed by atoms with E-state index >= 15 is 0 Å². The minimum atomic E-state index is 0.222. The first-order valence-electron chi connectivity index (χ1n) is 3.41. The molecule has 3 nitrogen and oxygen atoms in total. The fourth-order valence-corrected chi connectivity index (χ4v) is 0.599. The Morgan fingerprint density at radius 1 is 1.75 bits per heavy atom. The first kappa shape index (κ1) is 10.9. The number of hydrogen-bond donors (Lipinski definition) is 0. The van der Waals surface area contributed by atoms with E-state index in [0.29, 0.717) is 6.61 Å². The second-order valence-electron chi connectivity index (χ2n) is 1.71. The van der Waals surface area contributed by atoms with Gasteiger partial charge in [0.1, 0.15) is 5.75 Å². The van der Waals surface area contributed by atoms with Crippen molar-refractivity contribution in [2.45, 2.75) is 6.92 Å². The van der Waals surface area contributed by atoms with Gasteiger partial charge in [-0.3, -0.25) is 9.78 Å². The molecule has 4 heteroatoms. The molecule has 0 saturated heterocycles. The van der Waals surface area contributed by atoms with Crippen molar-refractivity contribution in [3.05, 3.63) is 24.5 Å². The Hall–Kier alpha value is -1.09. The molecule has 0 radical (unpaired) electrons. The van der Waals surface area contributed by atoms with E-state index in [0.717, 1.165) is 5.75 Å². The molecule has 0 aliphatic carbocycles. The lowest BCUT2D eigenvalue weighted by Crippen LogP contribution is -1.90. The summed E-state index contributed by atoms with van der Waals surface area (Å²) >= 11 is 4.32. The Morgan fingerprint density at radius 3 is 2.83 bits per heavy atom. The van der Waals surface area contributed by atoms with Gasteiger partial charge in [0.25, 0.3) is 0 Å². The highest BCUT2D eigenvalue weighted by atomic mass is 35.5. The molecule has 66 valence electrons. The number of halogens is 1. The number of pyridine rings is 1. The zero-order chi connectivity index (χ0) is 9.23. The SMILES string of the molecule is CCOc1cccnc1.O=CCl. The molecular formula is C8H10ClNO2. The van der Waals surface area contributed by atoms with E-state index in [9.17, 15) is 0 Å². The van der Waals surface area contributed by atoms with Crippen molar-refractivity contribution in [2.24, 2.45) is 0 Å². The zero-order valence-corrected chi connectivity index (χ0v) is 7.49. The second-order valence-corrected chi connectivity index (χ2v) is 1.89. The minimum Gasteiger partial charge on any atom is -0.492 e. The summed E-state index contributed by atoms with van der Waals surface area (Å²) in [6.45, 7) is 2.65. The molecule has 0 atom stereocenters. The van der Waals surface area contributed by atoms with Gasteiger partial charge in [-0.05, 0) is 30.7 Å². The van der Waals surface area contributed by atoms with E-state index in [2.05, 4.69) is 16.6 Å². The van der Waals surface area contributed by atoms with E-state index in [4.69, 9.17) is 9.53 Å². The van der Waals surface area contributed by atoms with Crippen LogP contribution in [0.3, 0.4) is 0 Å². The molecule has 1 heterocycles. The van der Waals surface area contributed by atoms with Gasteiger partial charge in [0, 0.05) is 6.20 Å². The van der Waals surface area contributed by atoms with Crippen LogP contribution in [0.4, 0.5) is 0 Å². The van der Waals surface area contributed by atoms with Crippen LogP contribution in [0, 0.1) is 0 Å². The monoisotopic (exact) mass is 187 g/mol. The van der Waals surface area contributed by atoms with Crippen LogP contribution >= 0.6 is 11.6 Å². The quantitative estimate of drug-likeness (QED) is 0.525. The summed E-state index contributed by atoms with van der Waals surface area (Å²) in [6, 6.07) is 3.74. The van der Waals surface area contributed by atoms with Crippen molar-refractivity contribution >= 4 is 17.3 Å². The van der Waals surface area contributed by atoms with Gasteiger partial charge in [0.2, 0.25) is 5.75 Å². The van der Waals surface area contributed by atoms with Crippen molar-refractivity contribution in [1.29, 1.82) is 0 Å². The predicted molar refractivity (Wildman–Crippen MR) is 48.0 cm³/mol. The van der Waals surface area contributed by atoms with Crippen molar-refractivity contribution < 1.29 is 9.53 Å². The Morgan fingerprint density at radius 2 is 2.42 bits per heavy atom.